The highest BCUT2D eigenvalue weighted by molar-refractivity contribution is 7.17. The van der Waals surface area contributed by atoms with Gasteiger partial charge in [-0.1, -0.05) is 30.3 Å². The van der Waals surface area contributed by atoms with Crippen molar-refractivity contribution in [1.82, 2.24) is 9.97 Å². The van der Waals surface area contributed by atoms with Gasteiger partial charge < -0.3 is 5.32 Å². The number of anilines is 1. The third-order valence-electron chi connectivity index (χ3n) is 3.90. The van der Waals surface area contributed by atoms with Crippen LogP contribution in [0.3, 0.4) is 0 Å². The normalized spacial score (nSPS) is 15.2. The Kier molecular flexibility index (Phi) is 2.89. The average Bonchev–Trinajstić information content (AvgIpc) is 2.88. The Hall–Kier alpha value is -1.94. The van der Waals surface area contributed by atoms with Gasteiger partial charge in [-0.15, -0.1) is 11.3 Å². The quantitative estimate of drug-likeness (QED) is 0.776. The van der Waals surface area contributed by atoms with Gasteiger partial charge in [-0.2, -0.15) is 0 Å². The van der Waals surface area contributed by atoms with Crippen molar-refractivity contribution in [3.8, 4) is 11.1 Å². The molecular formula is C16H15N3S. The van der Waals surface area contributed by atoms with Crippen LogP contribution in [0.5, 0.6) is 0 Å². The zero-order valence-electron chi connectivity index (χ0n) is 11.0. The maximum atomic E-state index is 4.47. The SMILES string of the molecule is c1ccc(-c2csc3ncnc(NC4CCC4)c23)cc1. The summed E-state index contributed by atoms with van der Waals surface area (Å²) in [6.07, 6.45) is 5.47. The fourth-order valence-electron chi connectivity index (χ4n) is 2.56. The van der Waals surface area contributed by atoms with Crippen molar-refractivity contribution >= 4 is 27.4 Å². The number of benzene rings is 1. The number of fused-ring (bicyclic) bond motifs is 1. The number of thiophene rings is 1. The van der Waals surface area contributed by atoms with E-state index in [0.717, 1.165) is 16.0 Å². The fourth-order valence-corrected chi connectivity index (χ4v) is 3.48. The van der Waals surface area contributed by atoms with E-state index >= 15 is 0 Å². The molecule has 1 N–H and O–H groups in total. The molecule has 20 heavy (non-hydrogen) atoms. The average molecular weight is 281 g/mol. The summed E-state index contributed by atoms with van der Waals surface area (Å²) >= 11 is 1.68. The maximum Gasteiger partial charge on any atom is 0.139 e. The molecule has 3 nitrogen and oxygen atoms in total. The Bertz CT molecular complexity index is 732. The number of rotatable bonds is 3. The van der Waals surface area contributed by atoms with E-state index in [1.54, 1.807) is 17.7 Å². The molecule has 100 valence electrons. The van der Waals surface area contributed by atoms with Gasteiger partial charge in [0, 0.05) is 17.0 Å². The summed E-state index contributed by atoms with van der Waals surface area (Å²) in [5.74, 6) is 0.986. The van der Waals surface area contributed by atoms with Gasteiger partial charge in [-0.3, -0.25) is 0 Å². The number of nitrogens with zero attached hydrogens (tertiary/aromatic N) is 2. The molecule has 0 saturated heterocycles. The van der Waals surface area contributed by atoms with E-state index in [0.29, 0.717) is 6.04 Å². The molecule has 1 aliphatic rings. The van der Waals surface area contributed by atoms with Gasteiger partial charge >= 0.3 is 0 Å². The van der Waals surface area contributed by atoms with Gasteiger partial charge in [0.2, 0.25) is 0 Å². The van der Waals surface area contributed by atoms with E-state index in [4.69, 9.17) is 0 Å². The molecule has 0 radical (unpaired) electrons. The molecular weight excluding hydrogens is 266 g/mol. The van der Waals surface area contributed by atoms with Crippen molar-refractivity contribution in [3.63, 3.8) is 0 Å². The van der Waals surface area contributed by atoms with E-state index in [1.807, 2.05) is 6.07 Å². The van der Waals surface area contributed by atoms with Crippen LogP contribution in [0.25, 0.3) is 21.3 Å². The number of nitrogens with one attached hydrogen (secondary N) is 1. The van der Waals surface area contributed by atoms with E-state index in [-0.39, 0.29) is 0 Å². The van der Waals surface area contributed by atoms with E-state index in [2.05, 4.69) is 44.9 Å². The van der Waals surface area contributed by atoms with Gasteiger partial charge in [-0.25, -0.2) is 9.97 Å². The van der Waals surface area contributed by atoms with Gasteiger partial charge in [0.05, 0.1) is 5.39 Å². The van der Waals surface area contributed by atoms with Gasteiger partial charge in [0.1, 0.15) is 17.0 Å². The predicted molar refractivity (Wildman–Crippen MR) is 84.1 cm³/mol. The minimum Gasteiger partial charge on any atom is -0.367 e. The van der Waals surface area contributed by atoms with Crippen molar-refractivity contribution in [2.24, 2.45) is 0 Å². The second-order valence-corrected chi connectivity index (χ2v) is 6.05. The third-order valence-corrected chi connectivity index (χ3v) is 4.79. The second kappa shape index (κ2) is 4.87. The molecule has 0 spiro atoms. The number of hydrogen-bond acceptors (Lipinski definition) is 4. The van der Waals surface area contributed by atoms with E-state index in [9.17, 15) is 0 Å². The molecule has 0 amide bonds. The molecule has 0 unspecified atom stereocenters. The largest absolute Gasteiger partial charge is 0.367 e. The molecule has 1 aromatic carbocycles. The van der Waals surface area contributed by atoms with Crippen LogP contribution < -0.4 is 5.32 Å². The maximum absolute atomic E-state index is 4.47. The highest BCUT2D eigenvalue weighted by Crippen LogP contribution is 2.37. The molecule has 1 saturated carbocycles. The molecule has 0 atom stereocenters. The molecule has 1 fully saturated rings. The summed E-state index contributed by atoms with van der Waals surface area (Å²) in [4.78, 5) is 9.93. The molecule has 2 aromatic heterocycles. The lowest BCUT2D eigenvalue weighted by Gasteiger charge is -2.27. The van der Waals surface area contributed by atoms with Crippen LogP contribution in [-0.4, -0.2) is 16.0 Å². The van der Waals surface area contributed by atoms with Crippen LogP contribution in [-0.2, 0) is 0 Å². The summed E-state index contributed by atoms with van der Waals surface area (Å²) in [6, 6.07) is 11.0. The summed E-state index contributed by atoms with van der Waals surface area (Å²) in [5.41, 5.74) is 2.46. The van der Waals surface area contributed by atoms with Crippen molar-refractivity contribution in [2.75, 3.05) is 5.32 Å². The van der Waals surface area contributed by atoms with Crippen LogP contribution in [0, 0.1) is 0 Å². The zero-order chi connectivity index (χ0) is 13.4. The van der Waals surface area contributed by atoms with Crippen LogP contribution in [0.4, 0.5) is 5.82 Å². The predicted octanol–water partition coefficient (Wildman–Crippen LogP) is 4.32. The van der Waals surface area contributed by atoms with Crippen molar-refractivity contribution in [1.29, 1.82) is 0 Å². The van der Waals surface area contributed by atoms with E-state index in [1.165, 1.54) is 30.4 Å². The Morgan fingerprint density at radius 2 is 1.95 bits per heavy atom. The molecule has 4 rings (SSSR count). The van der Waals surface area contributed by atoms with Crippen molar-refractivity contribution in [3.05, 3.63) is 42.0 Å². The van der Waals surface area contributed by atoms with Gasteiger partial charge in [0.15, 0.2) is 0 Å². The number of hydrogen-bond donors (Lipinski definition) is 1. The standard InChI is InChI=1S/C16H15N3S/c1-2-5-11(6-3-1)13-9-20-16-14(13)15(17-10-18-16)19-12-7-4-8-12/h1-3,5-6,9-10,12H,4,7-8H2,(H,17,18,19). The summed E-state index contributed by atoms with van der Waals surface area (Å²) < 4.78 is 0. The first kappa shape index (κ1) is 11.9. The highest BCUT2D eigenvalue weighted by atomic mass is 32.1. The third kappa shape index (κ3) is 1.96. The number of aromatic nitrogens is 2. The summed E-state index contributed by atoms with van der Waals surface area (Å²) in [7, 11) is 0. The zero-order valence-corrected chi connectivity index (χ0v) is 11.9. The first-order valence-corrected chi connectivity index (χ1v) is 7.84. The first-order valence-electron chi connectivity index (χ1n) is 6.96. The molecule has 0 aliphatic heterocycles. The van der Waals surface area contributed by atoms with Crippen LogP contribution in [0.1, 0.15) is 19.3 Å². The van der Waals surface area contributed by atoms with Crippen molar-refractivity contribution < 1.29 is 0 Å². The summed E-state index contributed by atoms with van der Waals surface area (Å²) in [5, 5.41) is 6.92. The lowest BCUT2D eigenvalue weighted by Crippen LogP contribution is -2.27. The van der Waals surface area contributed by atoms with Crippen LogP contribution in [0.15, 0.2) is 42.0 Å². The second-order valence-electron chi connectivity index (χ2n) is 5.19. The Labute approximate surface area is 121 Å². The molecule has 3 aromatic rings. The molecule has 1 aliphatic carbocycles. The smallest absolute Gasteiger partial charge is 0.139 e. The Balaban J connectivity index is 1.85. The van der Waals surface area contributed by atoms with Crippen LogP contribution in [0.2, 0.25) is 0 Å². The Morgan fingerprint density at radius 1 is 1.10 bits per heavy atom. The Morgan fingerprint density at radius 3 is 2.70 bits per heavy atom. The monoisotopic (exact) mass is 281 g/mol. The van der Waals surface area contributed by atoms with Crippen LogP contribution >= 0.6 is 11.3 Å². The lowest BCUT2D eigenvalue weighted by atomic mass is 9.93. The van der Waals surface area contributed by atoms with Gasteiger partial charge in [-0.05, 0) is 24.8 Å². The lowest BCUT2D eigenvalue weighted by molar-refractivity contribution is 0.445. The summed E-state index contributed by atoms with van der Waals surface area (Å²) in [6.45, 7) is 0. The molecule has 0 bridgehead atoms. The van der Waals surface area contributed by atoms with Gasteiger partial charge in [0.25, 0.3) is 0 Å². The molecule has 2 heterocycles. The minimum absolute atomic E-state index is 0.580. The van der Waals surface area contributed by atoms with Crippen molar-refractivity contribution in [2.45, 2.75) is 25.3 Å². The highest BCUT2D eigenvalue weighted by Gasteiger charge is 2.20. The molecule has 4 heteroatoms. The van der Waals surface area contributed by atoms with E-state index < -0.39 is 0 Å². The fraction of sp³-hybridized carbons (Fsp3) is 0.250. The topological polar surface area (TPSA) is 37.8 Å². The first-order chi connectivity index (χ1) is 9.92. The minimum atomic E-state index is 0.580.